The topological polar surface area (TPSA) is 79.5 Å². The van der Waals surface area contributed by atoms with Crippen LogP contribution in [0.4, 0.5) is 10.1 Å². The summed E-state index contributed by atoms with van der Waals surface area (Å²) in [5.41, 5.74) is 7.49. The second-order valence-electron chi connectivity index (χ2n) is 6.27. The van der Waals surface area contributed by atoms with Crippen molar-refractivity contribution in [2.45, 2.75) is 6.61 Å². The fraction of sp³-hybridized carbons (Fsp3) is 0.0909. The molecule has 0 bridgehead atoms. The smallest absolute Gasteiger partial charge is 0.230 e. The molecule has 1 aromatic heterocycles. The number of nitrogen functional groups attached to an aromatic ring is 1. The van der Waals surface area contributed by atoms with Crippen molar-refractivity contribution in [3.63, 3.8) is 0 Å². The third kappa shape index (κ3) is 4.03. The van der Waals surface area contributed by atoms with Gasteiger partial charge in [-0.25, -0.2) is 14.4 Å². The van der Waals surface area contributed by atoms with E-state index in [1.807, 2.05) is 30.3 Å². The highest BCUT2D eigenvalue weighted by Crippen LogP contribution is 2.37. The molecule has 0 spiro atoms. The monoisotopic (exact) mass is 391 g/mol. The van der Waals surface area contributed by atoms with Crippen LogP contribution in [-0.2, 0) is 6.61 Å². The summed E-state index contributed by atoms with van der Waals surface area (Å²) in [5.74, 6) is 0.663. The predicted octanol–water partition coefficient (Wildman–Crippen LogP) is 4.73. The molecule has 0 fully saturated rings. The Morgan fingerprint density at radius 1 is 0.931 bits per heavy atom. The highest BCUT2D eigenvalue weighted by molar-refractivity contribution is 5.87. The molecule has 0 aliphatic rings. The molecule has 4 rings (SSSR count). The summed E-state index contributed by atoms with van der Waals surface area (Å²) in [5, 5.41) is 0.563. The highest BCUT2D eigenvalue weighted by atomic mass is 19.1. The SMILES string of the molecule is COc1cc2ncnc(Oc3ccc(N)cc3F)c2cc1OCc1ccccc1. The minimum atomic E-state index is -0.578. The van der Waals surface area contributed by atoms with Gasteiger partial charge in [-0.05, 0) is 23.8 Å². The largest absolute Gasteiger partial charge is 0.493 e. The van der Waals surface area contributed by atoms with Crippen LogP contribution >= 0.6 is 0 Å². The molecule has 4 aromatic rings. The standard InChI is InChI=1S/C22H18FN3O3/c1-27-20-11-18-16(10-21(20)28-12-14-5-3-2-4-6-14)22(26-13-25-18)29-19-8-7-15(24)9-17(19)23/h2-11,13H,12,24H2,1H3. The number of benzene rings is 3. The molecular weight excluding hydrogens is 373 g/mol. The first kappa shape index (κ1) is 18.5. The van der Waals surface area contributed by atoms with Gasteiger partial charge in [0, 0.05) is 17.8 Å². The van der Waals surface area contributed by atoms with Crippen LogP contribution in [0.25, 0.3) is 10.9 Å². The molecule has 6 nitrogen and oxygen atoms in total. The third-order valence-corrected chi connectivity index (χ3v) is 4.28. The summed E-state index contributed by atoms with van der Waals surface area (Å²) in [6.45, 7) is 0.360. The quantitative estimate of drug-likeness (QED) is 0.479. The van der Waals surface area contributed by atoms with Crippen LogP contribution in [0.2, 0.25) is 0 Å². The molecule has 0 unspecified atom stereocenters. The molecule has 0 atom stereocenters. The summed E-state index contributed by atoms with van der Waals surface area (Å²) in [7, 11) is 1.55. The van der Waals surface area contributed by atoms with E-state index in [1.165, 1.54) is 18.5 Å². The summed E-state index contributed by atoms with van der Waals surface area (Å²) in [6.07, 6.45) is 1.34. The van der Waals surface area contributed by atoms with E-state index in [4.69, 9.17) is 19.9 Å². The average Bonchev–Trinajstić information content (AvgIpc) is 2.74. The number of fused-ring (bicyclic) bond motifs is 1. The van der Waals surface area contributed by atoms with E-state index in [1.54, 1.807) is 25.3 Å². The first-order valence-electron chi connectivity index (χ1n) is 8.86. The van der Waals surface area contributed by atoms with Crippen LogP contribution in [0.3, 0.4) is 0 Å². The molecule has 0 saturated heterocycles. The molecule has 0 radical (unpaired) electrons. The van der Waals surface area contributed by atoms with Gasteiger partial charge in [0.1, 0.15) is 12.9 Å². The second-order valence-corrected chi connectivity index (χ2v) is 6.27. The van der Waals surface area contributed by atoms with Crippen LogP contribution < -0.4 is 19.9 Å². The Kier molecular flexibility index (Phi) is 5.11. The fourth-order valence-electron chi connectivity index (χ4n) is 2.83. The minimum absolute atomic E-state index is 0.0155. The Labute approximate surface area is 166 Å². The van der Waals surface area contributed by atoms with Gasteiger partial charge < -0.3 is 19.9 Å². The predicted molar refractivity (Wildman–Crippen MR) is 108 cm³/mol. The zero-order valence-corrected chi connectivity index (χ0v) is 15.6. The third-order valence-electron chi connectivity index (χ3n) is 4.28. The van der Waals surface area contributed by atoms with E-state index < -0.39 is 5.82 Å². The molecule has 0 aliphatic heterocycles. The maximum Gasteiger partial charge on any atom is 0.230 e. The summed E-state index contributed by atoms with van der Waals surface area (Å²) < 4.78 is 31.2. The molecule has 3 aromatic carbocycles. The first-order chi connectivity index (χ1) is 14.1. The molecule has 1 heterocycles. The second kappa shape index (κ2) is 8.02. The van der Waals surface area contributed by atoms with E-state index in [2.05, 4.69) is 9.97 Å². The highest BCUT2D eigenvalue weighted by Gasteiger charge is 2.15. The van der Waals surface area contributed by atoms with Gasteiger partial charge in [-0.2, -0.15) is 0 Å². The molecule has 0 aliphatic carbocycles. The Morgan fingerprint density at radius 2 is 1.76 bits per heavy atom. The number of hydrogen-bond donors (Lipinski definition) is 1. The van der Waals surface area contributed by atoms with Crippen molar-refractivity contribution in [3.8, 4) is 23.1 Å². The number of hydrogen-bond acceptors (Lipinski definition) is 6. The van der Waals surface area contributed by atoms with Crippen LogP contribution in [0.5, 0.6) is 23.1 Å². The Balaban J connectivity index is 1.70. The molecule has 146 valence electrons. The lowest BCUT2D eigenvalue weighted by Gasteiger charge is -2.13. The van der Waals surface area contributed by atoms with Crippen molar-refractivity contribution >= 4 is 16.6 Å². The van der Waals surface area contributed by atoms with Crippen LogP contribution in [0.15, 0.2) is 67.0 Å². The van der Waals surface area contributed by atoms with Crippen molar-refractivity contribution < 1.29 is 18.6 Å². The van der Waals surface area contributed by atoms with Gasteiger partial charge in [0.15, 0.2) is 23.1 Å². The first-order valence-corrected chi connectivity index (χ1v) is 8.86. The van der Waals surface area contributed by atoms with Gasteiger partial charge in [-0.1, -0.05) is 30.3 Å². The Morgan fingerprint density at radius 3 is 2.52 bits per heavy atom. The number of nitrogens with zero attached hydrogens (tertiary/aromatic N) is 2. The van der Waals surface area contributed by atoms with Crippen molar-refractivity contribution in [2.24, 2.45) is 0 Å². The number of ether oxygens (including phenoxy) is 3. The molecule has 29 heavy (non-hydrogen) atoms. The normalized spacial score (nSPS) is 10.7. The lowest BCUT2D eigenvalue weighted by molar-refractivity contribution is 0.285. The zero-order chi connectivity index (χ0) is 20.2. The molecular formula is C22H18FN3O3. The fourth-order valence-corrected chi connectivity index (χ4v) is 2.83. The number of nitrogens with two attached hydrogens (primary N) is 1. The van der Waals surface area contributed by atoms with Crippen LogP contribution in [0.1, 0.15) is 5.56 Å². The van der Waals surface area contributed by atoms with Crippen molar-refractivity contribution in [2.75, 3.05) is 12.8 Å². The zero-order valence-electron chi connectivity index (χ0n) is 15.6. The number of anilines is 1. The van der Waals surface area contributed by atoms with Gasteiger partial charge in [0.05, 0.1) is 18.0 Å². The number of aromatic nitrogens is 2. The van der Waals surface area contributed by atoms with Crippen molar-refractivity contribution in [1.29, 1.82) is 0 Å². The van der Waals surface area contributed by atoms with Crippen LogP contribution in [0, 0.1) is 5.82 Å². The maximum atomic E-state index is 14.1. The van der Waals surface area contributed by atoms with Crippen molar-refractivity contribution in [1.82, 2.24) is 9.97 Å². The van der Waals surface area contributed by atoms with E-state index in [0.29, 0.717) is 34.7 Å². The van der Waals surface area contributed by atoms with Gasteiger partial charge >= 0.3 is 0 Å². The van der Waals surface area contributed by atoms with Gasteiger partial charge in [-0.3, -0.25) is 0 Å². The number of methoxy groups -OCH3 is 1. The van der Waals surface area contributed by atoms with E-state index in [9.17, 15) is 4.39 Å². The molecule has 0 saturated carbocycles. The van der Waals surface area contributed by atoms with Crippen LogP contribution in [-0.4, -0.2) is 17.1 Å². The summed E-state index contributed by atoms with van der Waals surface area (Å²) >= 11 is 0. The lowest BCUT2D eigenvalue weighted by Crippen LogP contribution is -1.99. The average molecular weight is 391 g/mol. The number of halogens is 1. The molecule has 0 amide bonds. The number of rotatable bonds is 6. The minimum Gasteiger partial charge on any atom is -0.493 e. The Bertz CT molecular complexity index is 1150. The van der Waals surface area contributed by atoms with E-state index in [0.717, 1.165) is 5.56 Å². The summed E-state index contributed by atoms with van der Waals surface area (Å²) in [4.78, 5) is 8.40. The van der Waals surface area contributed by atoms with Gasteiger partial charge in [0.25, 0.3) is 0 Å². The molecule has 2 N–H and O–H groups in total. The lowest BCUT2D eigenvalue weighted by atomic mass is 10.2. The molecule has 7 heteroatoms. The van der Waals surface area contributed by atoms with Gasteiger partial charge in [0.2, 0.25) is 5.88 Å². The Hall–Kier alpha value is -3.87. The van der Waals surface area contributed by atoms with E-state index >= 15 is 0 Å². The van der Waals surface area contributed by atoms with Gasteiger partial charge in [-0.15, -0.1) is 0 Å². The maximum absolute atomic E-state index is 14.1. The van der Waals surface area contributed by atoms with E-state index in [-0.39, 0.29) is 11.6 Å². The summed E-state index contributed by atoms with van der Waals surface area (Å²) in [6, 6.07) is 17.4. The van der Waals surface area contributed by atoms with Crippen molar-refractivity contribution in [3.05, 3.63) is 78.4 Å².